The number of halogens is 1. The smallest absolute Gasteiger partial charge is 0.257 e. The number of nitrogens with zero attached hydrogens (tertiary/aromatic N) is 2. The first-order valence-corrected chi connectivity index (χ1v) is 13.5. The van der Waals surface area contributed by atoms with Crippen molar-refractivity contribution < 1.29 is 17.9 Å². The summed E-state index contributed by atoms with van der Waals surface area (Å²) in [6, 6.07) is 22.7. The first kappa shape index (κ1) is 25.2. The third-order valence-electron chi connectivity index (χ3n) is 6.14. The van der Waals surface area contributed by atoms with Crippen molar-refractivity contribution in [3.63, 3.8) is 0 Å². The van der Waals surface area contributed by atoms with Gasteiger partial charge in [0.2, 0.25) is 10.0 Å². The SMILES string of the molecule is CN1CCCCN(S(=O)(=O)c2cccc(Cl)c2)[C@@H](Cc2ccccc2)COc2ccccc2C1=O. The van der Waals surface area contributed by atoms with Crippen LogP contribution in [0.15, 0.2) is 83.8 Å². The summed E-state index contributed by atoms with van der Waals surface area (Å²) >= 11 is 6.14. The number of para-hydroxylation sites is 1. The van der Waals surface area contributed by atoms with Gasteiger partial charge in [0.1, 0.15) is 12.4 Å². The Morgan fingerprint density at radius 3 is 2.43 bits per heavy atom. The molecule has 184 valence electrons. The zero-order valence-corrected chi connectivity index (χ0v) is 21.2. The van der Waals surface area contributed by atoms with Gasteiger partial charge < -0.3 is 9.64 Å². The lowest BCUT2D eigenvalue weighted by molar-refractivity contribution is 0.0781. The van der Waals surface area contributed by atoms with Crippen LogP contribution in [0.5, 0.6) is 5.75 Å². The van der Waals surface area contributed by atoms with Crippen LogP contribution in [-0.4, -0.2) is 56.3 Å². The van der Waals surface area contributed by atoms with Crippen LogP contribution in [-0.2, 0) is 16.4 Å². The number of fused-ring (bicyclic) bond motifs is 1. The third-order valence-corrected chi connectivity index (χ3v) is 8.32. The van der Waals surface area contributed by atoms with E-state index in [4.69, 9.17) is 16.3 Å². The van der Waals surface area contributed by atoms with Crippen molar-refractivity contribution in [1.82, 2.24) is 9.21 Å². The molecule has 3 aromatic carbocycles. The van der Waals surface area contributed by atoms with Gasteiger partial charge in [0.15, 0.2) is 0 Å². The monoisotopic (exact) mass is 512 g/mol. The molecule has 4 rings (SSSR count). The minimum absolute atomic E-state index is 0.0999. The van der Waals surface area contributed by atoms with Gasteiger partial charge in [0.25, 0.3) is 5.91 Å². The van der Waals surface area contributed by atoms with E-state index in [9.17, 15) is 13.2 Å². The lowest BCUT2D eigenvalue weighted by Crippen LogP contribution is -2.46. The molecule has 0 saturated carbocycles. The van der Waals surface area contributed by atoms with E-state index >= 15 is 0 Å². The molecule has 0 unspecified atom stereocenters. The Morgan fingerprint density at radius 1 is 0.943 bits per heavy atom. The van der Waals surface area contributed by atoms with Gasteiger partial charge in [0.05, 0.1) is 16.5 Å². The Balaban J connectivity index is 1.75. The molecule has 3 aromatic rings. The molecule has 8 heteroatoms. The number of amides is 1. The second-order valence-electron chi connectivity index (χ2n) is 8.66. The van der Waals surface area contributed by atoms with Gasteiger partial charge in [-0.3, -0.25) is 4.79 Å². The molecule has 0 fully saturated rings. The van der Waals surface area contributed by atoms with Gasteiger partial charge in [-0.05, 0) is 55.2 Å². The summed E-state index contributed by atoms with van der Waals surface area (Å²) in [6.07, 6.45) is 1.74. The minimum atomic E-state index is -3.86. The number of sulfonamides is 1. The van der Waals surface area contributed by atoms with Crippen molar-refractivity contribution in [3.05, 3.63) is 95.0 Å². The van der Waals surface area contributed by atoms with Gasteiger partial charge >= 0.3 is 0 Å². The van der Waals surface area contributed by atoms with E-state index in [-0.39, 0.29) is 17.4 Å². The fraction of sp³-hybridized carbons (Fsp3) is 0.296. The highest BCUT2D eigenvalue weighted by Crippen LogP contribution is 2.26. The summed E-state index contributed by atoms with van der Waals surface area (Å²) in [5, 5.41) is 0.366. The molecule has 0 N–H and O–H groups in total. The molecule has 1 amide bonds. The number of ether oxygens (including phenoxy) is 1. The lowest BCUT2D eigenvalue weighted by Gasteiger charge is -2.32. The standard InChI is InChI=1S/C27H29ClN2O4S/c1-29-16-7-8-17-30(35(32,33)24-13-9-12-22(28)19-24)23(18-21-10-3-2-4-11-21)20-34-26-15-6-5-14-25(26)27(29)31/h2-6,9-15,19,23H,7-8,16-18,20H2,1H3/t23-/m0/s1. The maximum atomic E-state index is 13.9. The molecule has 1 atom stereocenters. The van der Waals surface area contributed by atoms with Crippen LogP contribution in [0, 0.1) is 0 Å². The van der Waals surface area contributed by atoms with Gasteiger partial charge in [-0.25, -0.2) is 8.42 Å². The molecule has 0 saturated heterocycles. The summed E-state index contributed by atoms with van der Waals surface area (Å²) in [5.74, 6) is 0.340. The molecule has 0 spiro atoms. The maximum absolute atomic E-state index is 13.9. The fourth-order valence-corrected chi connectivity index (χ4v) is 6.22. The highest BCUT2D eigenvalue weighted by atomic mass is 35.5. The predicted molar refractivity (Wildman–Crippen MR) is 137 cm³/mol. The van der Waals surface area contributed by atoms with Gasteiger partial charge in [-0.15, -0.1) is 0 Å². The number of rotatable bonds is 4. The molecule has 35 heavy (non-hydrogen) atoms. The molecule has 6 nitrogen and oxygen atoms in total. The molecule has 1 aliphatic rings. The van der Waals surface area contributed by atoms with Crippen molar-refractivity contribution in [3.8, 4) is 5.75 Å². The van der Waals surface area contributed by atoms with Crippen molar-refractivity contribution in [1.29, 1.82) is 0 Å². The van der Waals surface area contributed by atoms with E-state index in [1.807, 2.05) is 36.4 Å². The zero-order valence-electron chi connectivity index (χ0n) is 19.6. The molecule has 0 radical (unpaired) electrons. The van der Waals surface area contributed by atoms with Crippen molar-refractivity contribution in [2.24, 2.45) is 0 Å². The van der Waals surface area contributed by atoms with Crippen LogP contribution in [0.3, 0.4) is 0 Å². The summed E-state index contributed by atoms with van der Waals surface area (Å²) in [6.45, 7) is 0.920. The first-order valence-electron chi connectivity index (χ1n) is 11.6. The van der Waals surface area contributed by atoms with E-state index in [1.165, 1.54) is 10.4 Å². The van der Waals surface area contributed by atoms with Crippen molar-refractivity contribution in [2.75, 3.05) is 26.7 Å². The Hall–Kier alpha value is -2.87. The molecule has 0 aromatic heterocycles. The van der Waals surface area contributed by atoms with Crippen molar-refractivity contribution >= 4 is 27.5 Å². The zero-order chi connectivity index (χ0) is 24.8. The summed E-state index contributed by atoms with van der Waals surface area (Å²) < 4.78 is 35.4. The number of carbonyl (C=O) groups is 1. The van der Waals surface area contributed by atoms with Crippen molar-refractivity contribution in [2.45, 2.75) is 30.2 Å². The molecule has 1 aliphatic heterocycles. The van der Waals surface area contributed by atoms with E-state index in [1.54, 1.807) is 48.3 Å². The van der Waals surface area contributed by atoms with E-state index in [2.05, 4.69) is 0 Å². The van der Waals surface area contributed by atoms with Gasteiger partial charge in [-0.2, -0.15) is 4.31 Å². The van der Waals surface area contributed by atoms with Crippen LogP contribution < -0.4 is 4.74 Å². The molecular formula is C27H29ClN2O4S. The van der Waals surface area contributed by atoms with Gasteiger partial charge in [0, 0.05) is 25.2 Å². The highest BCUT2D eigenvalue weighted by molar-refractivity contribution is 7.89. The molecule has 0 aliphatic carbocycles. The lowest BCUT2D eigenvalue weighted by atomic mass is 10.1. The average molecular weight is 513 g/mol. The molecular weight excluding hydrogens is 484 g/mol. The predicted octanol–water partition coefficient (Wildman–Crippen LogP) is 4.89. The Morgan fingerprint density at radius 2 is 1.66 bits per heavy atom. The van der Waals surface area contributed by atoms with Crippen LogP contribution >= 0.6 is 11.6 Å². The van der Waals surface area contributed by atoms with Crippen LogP contribution in [0.1, 0.15) is 28.8 Å². The summed E-state index contributed by atoms with van der Waals surface area (Å²) in [5.41, 5.74) is 1.47. The Kier molecular flexibility index (Phi) is 8.11. The number of hydrogen-bond acceptors (Lipinski definition) is 4. The minimum Gasteiger partial charge on any atom is -0.491 e. The molecule has 0 bridgehead atoms. The normalized spacial score (nSPS) is 18.2. The largest absolute Gasteiger partial charge is 0.491 e. The summed E-state index contributed by atoms with van der Waals surface area (Å²) in [7, 11) is -2.10. The Labute approximate surface area is 212 Å². The topological polar surface area (TPSA) is 66.9 Å². The van der Waals surface area contributed by atoms with Gasteiger partial charge in [-0.1, -0.05) is 60.1 Å². The second kappa shape index (κ2) is 11.2. The van der Waals surface area contributed by atoms with E-state index in [0.717, 1.165) is 5.56 Å². The maximum Gasteiger partial charge on any atom is 0.257 e. The number of carbonyl (C=O) groups excluding carboxylic acids is 1. The van der Waals surface area contributed by atoms with Crippen LogP contribution in [0.4, 0.5) is 0 Å². The van der Waals surface area contributed by atoms with E-state index in [0.29, 0.717) is 48.7 Å². The Bertz CT molecular complexity index is 1270. The summed E-state index contributed by atoms with van der Waals surface area (Å²) in [4.78, 5) is 14.8. The molecule has 1 heterocycles. The first-order chi connectivity index (χ1) is 16.9. The second-order valence-corrected chi connectivity index (χ2v) is 11.0. The average Bonchev–Trinajstić information content (AvgIpc) is 2.86. The fourth-order valence-electron chi connectivity index (χ4n) is 4.27. The highest BCUT2D eigenvalue weighted by Gasteiger charge is 2.33. The number of hydrogen-bond donors (Lipinski definition) is 0. The number of benzene rings is 3. The van der Waals surface area contributed by atoms with E-state index < -0.39 is 16.1 Å². The van der Waals surface area contributed by atoms with Crippen LogP contribution in [0.2, 0.25) is 5.02 Å². The quantitative estimate of drug-likeness (QED) is 0.499. The third kappa shape index (κ3) is 6.04. The van der Waals surface area contributed by atoms with Crippen LogP contribution in [0.25, 0.3) is 0 Å².